The third-order valence-electron chi connectivity index (χ3n) is 4.48. The fraction of sp³-hybridized carbons (Fsp3) is 0.667. The summed E-state index contributed by atoms with van der Waals surface area (Å²) in [6, 6.07) is 1.98. The normalized spacial score (nSPS) is 31.2. The topological polar surface area (TPSA) is 33.1 Å². The number of aromatic nitrogens is 1. The predicted octanol–water partition coefficient (Wildman–Crippen LogP) is 3.50. The van der Waals surface area contributed by atoms with Crippen LogP contribution in [-0.4, -0.2) is 10.1 Å². The molecule has 0 aromatic carbocycles. The van der Waals surface area contributed by atoms with Gasteiger partial charge in [-0.15, -0.1) is 0 Å². The van der Waals surface area contributed by atoms with Gasteiger partial charge < -0.3 is 5.11 Å². The van der Waals surface area contributed by atoms with Gasteiger partial charge >= 0.3 is 0 Å². The lowest BCUT2D eigenvalue weighted by molar-refractivity contribution is 0.0554. The molecule has 2 heteroatoms. The monoisotopic (exact) mass is 233 g/mol. The molecule has 0 amide bonds. The van der Waals surface area contributed by atoms with Gasteiger partial charge in [-0.05, 0) is 49.1 Å². The number of pyridine rings is 1. The van der Waals surface area contributed by atoms with Crippen LogP contribution < -0.4 is 0 Å². The highest BCUT2D eigenvalue weighted by atomic mass is 16.3. The molecule has 0 bridgehead atoms. The van der Waals surface area contributed by atoms with E-state index >= 15 is 0 Å². The number of nitrogens with zero attached hydrogens (tertiary/aromatic N) is 1. The molecule has 1 heterocycles. The van der Waals surface area contributed by atoms with Crippen LogP contribution in [0, 0.1) is 24.7 Å². The Morgan fingerprint density at radius 2 is 2.06 bits per heavy atom. The van der Waals surface area contributed by atoms with E-state index in [1.165, 1.54) is 6.42 Å². The van der Waals surface area contributed by atoms with Crippen LogP contribution in [0.15, 0.2) is 18.5 Å². The Hall–Kier alpha value is -0.890. The summed E-state index contributed by atoms with van der Waals surface area (Å²) in [5, 5.41) is 10.5. The van der Waals surface area contributed by atoms with Gasteiger partial charge in [0.25, 0.3) is 0 Å². The Balaban J connectivity index is 2.10. The van der Waals surface area contributed by atoms with Gasteiger partial charge in [0.15, 0.2) is 0 Å². The van der Waals surface area contributed by atoms with E-state index in [0.29, 0.717) is 5.92 Å². The summed E-state index contributed by atoms with van der Waals surface area (Å²) in [5.74, 6) is 1.93. The minimum atomic E-state index is -0.335. The van der Waals surface area contributed by atoms with Crippen LogP contribution in [0.4, 0.5) is 0 Å². The van der Waals surface area contributed by atoms with E-state index in [-0.39, 0.29) is 6.10 Å². The zero-order valence-corrected chi connectivity index (χ0v) is 11.1. The maximum absolute atomic E-state index is 10.5. The second-order valence-corrected chi connectivity index (χ2v) is 5.70. The molecule has 1 N–H and O–H groups in total. The third-order valence-corrected chi connectivity index (χ3v) is 4.48. The molecule has 4 atom stereocenters. The molecule has 1 aromatic rings. The van der Waals surface area contributed by atoms with Crippen LogP contribution in [0.1, 0.15) is 50.3 Å². The van der Waals surface area contributed by atoms with Gasteiger partial charge in [-0.2, -0.15) is 0 Å². The molecule has 0 aliphatic heterocycles. The maximum Gasteiger partial charge on any atom is 0.0835 e. The number of aliphatic hydroxyl groups is 1. The summed E-state index contributed by atoms with van der Waals surface area (Å²) in [6.07, 6.45) is 6.79. The minimum absolute atomic E-state index is 0.335. The molecule has 0 radical (unpaired) electrons. The van der Waals surface area contributed by atoms with E-state index in [1.54, 1.807) is 6.20 Å². The minimum Gasteiger partial charge on any atom is -0.388 e. The average Bonchev–Trinajstić information content (AvgIpc) is 2.32. The summed E-state index contributed by atoms with van der Waals surface area (Å²) in [5.41, 5.74) is 2.16. The SMILES string of the molecule is Cc1ccncc1C(O)C1CCC(C)C(C)C1. The lowest BCUT2D eigenvalue weighted by Gasteiger charge is -2.35. The van der Waals surface area contributed by atoms with Gasteiger partial charge in [-0.1, -0.05) is 20.3 Å². The Labute approximate surface area is 104 Å². The van der Waals surface area contributed by atoms with Crippen molar-refractivity contribution in [3.63, 3.8) is 0 Å². The van der Waals surface area contributed by atoms with E-state index in [9.17, 15) is 5.11 Å². The number of aliphatic hydroxyl groups excluding tert-OH is 1. The number of rotatable bonds is 2. The molecule has 2 nitrogen and oxygen atoms in total. The van der Waals surface area contributed by atoms with Crippen molar-refractivity contribution in [1.29, 1.82) is 0 Å². The van der Waals surface area contributed by atoms with Gasteiger partial charge in [0.2, 0.25) is 0 Å². The van der Waals surface area contributed by atoms with E-state index in [2.05, 4.69) is 25.8 Å². The zero-order valence-electron chi connectivity index (χ0n) is 11.1. The van der Waals surface area contributed by atoms with Gasteiger partial charge in [-0.3, -0.25) is 4.98 Å². The molecule has 0 spiro atoms. The van der Waals surface area contributed by atoms with E-state index in [1.807, 2.05) is 12.3 Å². The van der Waals surface area contributed by atoms with Crippen LogP contribution in [0.5, 0.6) is 0 Å². The van der Waals surface area contributed by atoms with Crippen LogP contribution in [0.25, 0.3) is 0 Å². The highest BCUT2D eigenvalue weighted by Gasteiger charge is 2.30. The summed E-state index contributed by atoms with van der Waals surface area (Å²) in [7, 11) is 0. The Bertz CT molecular complexity index is 377. The van der Waals surface area contributed by atoms with E-state index in [4.69, 9.17) is 0 Å². The third kappa shape index (κ3) is 2.68. The first-order valence-electron chi connectivity index (χ1n) is 6.68. The maximum atomic E-state index is 10.5. The standard InChI is InChI=1S/C15H23NO/c1-10-4-5-13(8-12(10)3)15(17)14-9-16-7-6-11(14)2/h6-7,9-10,12-13,15,17H,4-5,8H2,1-3H3. The number of hydrogen-bond acceptors (Lipinski definition) is 2. The summed E-state index contributed by atoms with van der Waals surface area (Å²) in [6.45, 7) is 6.68. The molecule has 4 unspecified atom stereocenters. The first kappa shape index (κ1) is 12.6. The van der Waals surface area contributed by atoms with Crippen molar-refractivity contribution in [3.8, 4) is 0 Å². The van der Waals surface area contributed by atoms with E-state index < -0.39 is 0 Å². The number of hydrogen-bond donors (Lipinski definition) is 1. The molecule has 2 rings (SSSR count). The lowest BCUT2D eigenvalue weighted by Crippen LogP contribution is -2.25. The smallest absolute Gasteiger partial charge is 0.0835 e. The van der Waals surface area contributed by atoms with Crippen LogP contribution in [0.3, 0.4) is 0 Å². The molecular formula is C15H23NO. The zero-order chi connectivity index (χ0) is 12.4. The predicted molar refractivity (Wildman–Crippen MR) is 69.6 cm³/mol. The first-order chi connectivity index (χ1) is 8.09. The molecule has 94 valence electrons. The summed E-state index contributed by atoms with van der Waals surface area (Å²) < 4.78 is 0. The van der Waals surface area contributed by atoms with Crippen molar-refractivity contribution in [2.75, 3.05) is 0 Å². The fourth-order valence-corrected chi connectivity index (χ4v) is 2.92. The fourth-order valence-electron chi connectivity index (χ4n) is 2.92. The van der Waals surface area contributed by atoms with Crippen molar-refractivity contribution in [1.82, 2.24) is 4.98 Å². The van der Waals surface area contributed by atoms with Gasteiger partial charge in [0.05, 0.1) is 6.10 Å². The van der Waals surface area contributed by atoms with Crippen molar-refractivity contribution >= 4 is 0 Å². The van der Waals surface area contributed by atoms with Gasteiger partial charge in [0, 0.05) is 18.0 Å². The average molecular weight is 233 g/mol. The Morgan fingerprint density at radius 1 is 1.29 bits per heavy atom. The molecular weight excluding hydrogens is 210 g/mol. The largest absolute Gasteiger partial charge is 0.388 e. The Kier molecular flexibility index (Phi) is 3.82. The van der Waals surface area contributed by atoms with Crippen molar-refractivity contribution in [3.05, 3.63) is 29.6 Å². The van der Waals surface area contributed by atoms with Crippen LogP contribution in [0.2, 0.25) is 0 Å². The summed E-state index contributed by atoms with van der Waals surface area (Å²) in [4.78, 5) is 4.14. The van der Waals surface area contributed by atoms with Crippen molar-refractivity contribution < 1.29 is 5.11 Å². The number of aryl methyl sites for hydroxylation is 1. The highest BCUT2D eigenvalue weighted by molar-refractivity contribution is 5.24. The van der Waals surface area contributed by atoms with Crippen molar-refractivity contribution in [2.45, 2.75) is 46.1 Å². The lowest BCUT2D eigenvalue weighted by atomic mass is 9.72. The molecule has 1 fully saturated rings. The molecule has 17 heavy (non-hydrogen) atoms. The second kappa shape index (κ2) is 5.18. The van der Waals surface area contributed by atoms with E-state index in [0.717, 1.165) is 35.8 Å². The molecule has 1 saturated carbocycles. The van der Waals surface area contributed by atoms with Crippen LogP contribution >= 0.6 is 0 Å². The molecule has 1 aliphatic carbocycles. The highest BCUT2D eigenvalue weighted by Crippen LogP contribution is 2.40. The van der Waals surface area contributed by atoms with Gasteiger partial charge in [0.1, 0.15) is 0 Å². The van der Waals surface area contributed by atoms with Crippen LogP contribution in [-0.2, 0) is 0 Å². The van der Waals surface area contributed by atoms with Crippen molar-refractivity contribution in [2.24, 2.45) is 17.8 Å². The molecule has 1 aromatic heterocycles. The molecule has 0 saturated heterocycles. The quantitative estimate of drug-likeness (QED) is 0.848. The van der Waals surface area contributed by atoms with Gasteiger partial charge in [-0.25, -0.2) is 0 Å². The molecule has 1 aliphatic rings. The summed E-state index contributed by atoms with van der Waals surface area (Å²) >= 11 is 0. The first-order valence-corrected chi connectivity index (χ1v) is 6.68. The second-order valence-electron chi connectivity index (χ2n) is 5.70. The Morgan fingerprint density at radius 3 is 2.71 bits per heavy atom.